The highest BCUT2D eigenvalue weighted by Crippen LogP contribution is 2.29. The lowest BCUT2D eigenvalue weighted by atomic mass is 10.2. The van der Waals surface area contributed by atoms with Crippen LogP contribution < -0.4 is 9.47 Å². The van der Waals surface area contributed by atoms with E-state index < -0.39 is 0 Å². The molecule has 6 nitrogen and oxygen atoms in total. The molecule has 2 aromatic rings. The second kappa shape index (κ2) is 6.76. The molecule has 0 unspecified atom stereocenters. The van der Waals surface area contributed by atoms with Gasteiger partial charge in [-0.05, 0) is 17.8 Å². The van der Waals surface area contributed by atoms with Gasteiger partial charge in [-0.2, -0.15) is 9.97 Å². The van der Waals surface area contributed by atoms with Crippen LogP contribution in [0.2, 0.25) is 0 Å². The van der Waals surface area contributed by atoms with Gasteiger partial charge < -0.3 is 14.7 Å². The van der Waals surface area contributed by atoms with E-state index in [1.165, 1.54) is 32.2 Å². The lowest BCUT2D eigenvalue weighted by Crippen LogP contribution is -1.96. The molecular weight excluding hydrogens is 278 g/mol. The second-order valence-electron chi connectivity index (χ2n) is 3.62. The van der Waals surface area contributed by atoms with Gasteiger partial charge in [-0.25, -0.2) is 0 Å². The van der Waals surface area contributed by atoms with Crippen molar-refractivity contribution in [1.29, 1.82) is 0 Å². The van der Waals surface area contributed by atoms with E-state index in [9.17, 15) is 0 Å². The van der Waals surface area contributed by atoms with Gasteiger partial charge in [-0.3, -0.25) is 0 Å². The summed E-state index contributed by atoms with van der Waals surface area (Å²) in [7, 11) is 3.06. The Balaban J connectivity index is 2.34. The number of hydrogen-bond acceptors (Lipinski definition) is 7. The molecule has 0 spiro atoms. The van der Waals surface area contributed by atoms with Crippen LogP contribution in [0.15, 0.2) is 45.5 Å². The summed E-state index contributed by atoms with van der Waals surface area (Å²) in [5.41, 5.74) is 0.769. The fourth-order valence-corrected chi connectivity index (χ4v) is 2.33. The Hall–Kier alpha value is -2.28. The van der Waals surface area contributed by atoms with Crippen molar-refractivity contribution in [2.45, 2.75) is 10.1 Å². The van der Waals surface area contributed by atoms with Gasteiger partial charge in [0.1, 0.15) is 0 Å². The second-order valence-corrected chi connectivity index (χ2v) is 4.63. The number of aromatic nitrogens is 2. The zero-order valence-corrected chi connectivity index (χ0v) is 11.8. The van der Waals surface area contributed by atoms with Gasteiger partial charge in [0, 0.05) is 10.5 Å². The van der Waals surface area contributed by atoms with E-state index in [1.54, 1.807) is 6.07 Å². The third-order valence-electron chi connectivity index (χ3n) is 2.39. The van der Waals surface area contributed by atoms with E-state index in [2.05, 4.69) is 15.1 Å². The van der Waals surface area contributed by atoms with Gasteiger partial charge in [0.25, 0.3) is 0 Å². The Morgan fingerprint density at radius 1 is 1.15 bits per heavy atom. The van der Waals surface area contributed by atoms with Gasteiger partial charge in [0.2, 0.25) is 11.8 Å². The molecule has 1 heterocycles. The molecule has 1 aromatic carbocycles. The molecule has 0 aliphatic heterocycles. The van der Waals surface area contributed by atoms with E-state index in [0.29, 0.717) is 16.9 Å². The Kier molecular flexibility index (Phi) is 4.78. The van der Waals surface area contributed by atoms with E-state index in [4.69, 9.17) is 14.7 Å². The maximum Gasteiger partial charge on any atom is 0.220 e. The number of oxime groups is 1. The minimum absolute atomic E-state index is 0.424. The molecule has 1 N–H and O–H groups in total. The van der Waals surface area contributed by atoms with Gasteiger partial charge in [-0.15, -0.1) is 0 Å². The summed E-state index contributed by atoms with van der Waals surface area (Å²) < 4.78 is 10.2. The minimum Gasteiger partial charge on any atom is -0.481 e. The predicted molar refractivity (Wildman–Crippen MR) is 75.1 cm³/mol. The summed E-state index contributed by atoms with van der Waals surface area (Å²) in [5, 5.41) is 12.2. The average molecular weight is 291 g/mol. The van der Waals surface area contributed by atoms with E-state index in [-0.39, 0.29) is 0 Å². The highest BCUT2D eigenvalue weighted by atomic mass is 32.2. The van der Waals surface area contributed by atoms with Crippen LogP contribution in [0.1, 0.15) is 5.56 Å². The zero-order valence-electron chi connectivity index (χ0n) is 11.0. The number of methoxy groups -OCH3 is 2. The third kappa shape index (κ3) is 3.39. The van der Waals surface area contributed by atoms with Crippen LogP contribution in [0, 0.1) is 0 Å². The van der Waals surface area contributed by atoms with Gasteiger partial charge in [0.05, 0.1) is 26.5 Å². The van der Waals surface area contributed by atoms with E-state index in [0.717, 1.165) is 10.5 Å². The molecule has 0 fully saturated rings. The Bertz CT molecular complexity index is 597. The average Bonchev–Trinajstić information content (AvgIpc) is 2.49. The molecule has 0 aliphatic carbocycles. The minimum atomic E-state index is 0.424. The molecule has 1 aromatic heterocycles. The van der Waals surface area contributed by atoms with Crippen LogP contribution in [0.25, 0.3) is 0 Å². The third-order valence-corrected chi connectivity index (χ3v) is 3.35. The fourth-order valence-electron chi connectivity index (χ4n) is 1.48. The Morgan fingerprint density at radius 2 is 1.80 bits per heavy atom. The molecule has 7 heteroatoms. The molecule has 0 aliphatic rings. The van der Waals surface area contributed by atoms with Crippen molar-refractivity contribution < 1.29 is 14.7 Å². The summed E-state index contributed by atoms with van der Waals surface area (Å²) in [6, 6.07) is 9.06. The summed E-state index contributed by atoms with van der Waals surface area (Å²) in [5.74, 6) is 0.848. The first-order valence-corrected chi connectivity index (χ1v) is 6.50. The summed E-state index contributed by atoms with van der Waals surface area (Å²) >= 11 is 1.33. The maximum absolute atomic E-state index is 8.66. The van der Waals surface area contributed by atoms with Gasteiger partial charge in [0.15, 0.2) is 5.16 Å². The van der Waals surface area contributed by atoms with Crippen LogP contribution in [-0.4, -0.2) is 35.6 Å². The topological polar surface area (TPSA) is 76.8 Å². The van der Waals surface area contributed by atoms with Crippen LogP contribution >= 0.6 is 11.8 Å². The molecule has 0 atom stereocenters. The molecule has 20 heavy (non-hydrogen) atoms. The van der Waals surface area contributed by atoms with Crippen molar-refractivity contribution in [2.75, 3.05) is 14.2 Å². The molecule has 0 saturated carbocycles. The smallest absolute Gasteiger partial charge is 0.220 e. The van der Waals surface area contributed by atoms with Crippen molar-refractivity contribution in [3.05, 3.63) is 35.9 Å². The largest absolute Gasteiger partial charge is 0.481 e. The number of rotatable bonds is 5. The normalized spacial score (nSPS) is 10.7. The fraction of sp³-hybridized carbons (Fsp3) is 0.154. The Morgan fingerprint density at radius 3 is 2.40 bits per heavy atom. The van der Waals surface area contributed by atoms with Crippen LogP contribution in [0.5, 0.6) is 11.8 Å². The first kappa shape index (κ1) is 14.1. The highest BCUT2D eigenvalue weighted by Gasteiger charge is 2.09. The first-order valence-electron chi connectivity index (χ1n) is 5.68. The monoisotopic (exact) mass is 291 g/mol. The van der Waals surface area contributed by atoms with Crippen molar-refractivity contribution in [3.63, 3.8) is 0 Å². The predicted octanol–water partition coefficient (Wildman–Crippen LogP) is 2.45. The summed E-state index contributed by atoms with van der Waals surface area (Å²) in [6.07, 6.45) is 1.36. The van der Waals surface area contributed by atoms with E-state index in [1.807, 2.05) is 24.3 Å². The number of benzene rings is 1. The zero-order chi connectivity index (χ0) is 14.4. The van der Waals surface area contributed by atoms with E-state index >= 15 is 0 Å². The molecule has 0 radical (unpaired) electrons. The molecule has 0 bridgehead atoms. The number of ether oxygens (including phenoxy) is 2. The summed E-state index contributed by atoms with van der Waals surface area (Å²) in [4.78, 5) is 9.34. The van der Waals surface area contributed by atoms with Crippen molar-refractivity contribution in [3.8, 4) is 11.8 Å². The molecule has 104 valence electrons. The standard InChI is InChI=1S/C13H13N3O3S/c1-18-11-7-12(19-2)16-13(15-11)20-10-6-4-3-5-9(10)8-14-17/h3-8,17H,1-2H3/b14-8+. The number of hydrogen-bond donors (Lipinski definition) is 1. The molecule has 0 amide bonds. The molecule has 2 rings (SSSR count). The first-order chi connectivity index (χ1) is 9.76. The van der Waals surface area contributed by atoms with Gasteiger partial charge >= 0.3 is 0 Å². The van der Waals surface area contributed by atoms with Crippen molar-refractivity contribution >= 4 is 18.0 Å². The lowest BCUT2D eigenvalue weighted by molar-refractivity contribution is 0.321. The lowest BCUT2D eigenvalue weighted by Gasteiger charge is -2.07. The summed E-state index contributed by atoms with van der Waals surface area (Å²) in [6.45, 7) is 0. The SMILES string of the molecule is COc1cc(OC)nc(Sc2ccccc2/C=N/O)n1. The van der Waals surface area contributed by atoms with Gasteiger partial charge in [-0.1, -0.05) is 23.4 Å². The quantitative estimate of drug-likeness (QED) is 0.394. The van der Waals surface area contributed by atoms with Crippen molar-refractivity contribution in [1.82, 2.24) is 9.97 Å². The van der Waals surface area contributed by atoms with Crippen LogP contribution in [0.4, 0.5) is 0 Å². The van der Waals surface area contributed by atoms with Crippen LogP contribution in [0.3, 0.4) is 0 Å². The van der Waals surface area contributed by atoms with Crippen LogP contribution in [-0.2, 0) is 0 Å². The molecule has 0 saturated heterocycles. The number of nitrogens with zero attached hydrogens (tertiary/aromatic N) is 3. The molecular formula is C13H13N3O3S. The highest BCUT2D eigenvalue weighted by molar-refractivity contribution is 7.99. The maximum atomic E-state index is 8.66. The Labute approximate surface area is 120 Å². The van der Waals surface area contributed by atoms with Crippen molar-refractivity contribution in [2.24, 2.45) is 5.16 Å².